The highest BCUT2D eigenvalue weighted by atomic mass is 16.5. The average molecular weight is 469 g/mol. The van der Waals surface area contributed by atoms with Gasteiger partial charge in [-0.15, -0.1) is 0 Å². The molecule has 3 heterocycles. The largest absolute Gasteiger partial charge is 0.487 e. The van der Waals surface area contributed by atoms with Crippen LogP contribution in [0.15, 0.2) is 72.2 Å². The number of allylic oxidation sites excluding steroid dienone is 2. The third-order valence-corrected chi connectivity index (χ3v) is 8.63. The number of piperidine rings is 1. The molecule has 4 aliphatic rings. The Morgan fingerprint density at radius 3 is 2.91 bits per heavy atom. The molecule has 1 fully saturated rings. The van der Waals surface area contributed by atoms with Gasteiger partial charge >= 0.3 is 0 Å². The zero-order chi connectivity index (χ0) is 23.7. The van der Waals surface area contributed by atoms with Crippen molar-refractivity contribution in [3.8, 4) is 0 Å². The van der Waals surface area contributed by atoms with E-state index in [0.29, 0.717) is 12.0 Å². The molecule has 2 aromatic rings. The number of pyridine rings is 1. The quantitative estimate of drug-likeness (QED) is 0.553. The number of aryl methyl sites for hydroxylation is 1. The van der Waals surface area contributed by atoms with Gasteiger partial charge in [0.2, 0.25) is 0 Å². The summed E-state index contributed by atoms with van der Waals surface area (Å²) >= 11 is 0. The minimum atomic E-state index is 0.0932. The summed E-state index contributed by atoms with van der Waals surface area (Å²) in [4.78, 5) is 7.30. The van der Waals surface area contributed by atoms with E-state index in [1.165, 1.54) is 61.9 Å². The van der Waals surface area contributed by atoms with Gasteiger partial charge in [-0.1, -0.05) is 42.5 Å². The van der Waals surface area contributed by atoms with Crippen molar-refractivity contribution < 1.29 is 9.47 Å². The Kier molecular flexibility index (Phi) is 6.34. The molecule has 1 atom stereocenters. The Morgan fingerprint density at radius 2 is 2.03 bits per heavy atom. The van der Waals surface area contributed by atoms with Crippen molar-refractivity contribution in [2.45, 2.75) is 63.1 Å². The third kappa shape index (κ3) is 4.39. The molecule has 4 heteroatoms. The van der Waals surface area contributed by atoms with Gasteiger partial charge in [-0.3, -0.25) is 4.98 Å². The van der Waals surface area contributed by atoms with Crippen LogP contribution in [0.4, 0.5) is 0 Å². The van der Waals surface area contributed by atoms with Crippen LogP contribution in [0.25, 0.3) is 5.57 Å². The second-order valence-electron chi connectivity index (χ2n) is 10.5. The standard InChI is InChI=1S/C31H36N2O2/c1-34-24-12-13-30-27(21-24)25(26-9-5-17-32-29(26)22-35-30)10-6-18-33-19-15-31(16-20-33)14-4-8-23-7-2-3-11-28(23)31/h2-3,5,7,9-13,17,24H,4,6,8,14-16,18-22H2,1H3. The Balaban J connectivity index is 1.18. The summed E-state index contributed by atoms with van der Waals surface area (Å²) in [5.74, 6) is 0.971. The predicted octanol–water partition coefficient (Wildman–Crippen LogP) is 5.98. The maximum atomic E-state index is 6.17. The zero-order valence-corrected chi connectivity index (χ0v) is 20.8. The molecule has 2 aliphatic heterocycles. The number of methoxy groups -OCH3 is 1. The lowest BCUT2D eigenvalue weighted by molar-refractivity contribution is 0.134. The molecular weight excluding hydrogens is 432 g/mol. The highest BCUT2D eigenvalue weighted by Gasteiger charge is 2.38. The molecule has 0 N–H and O–H groups in total. The summed E-state index contributed by atoms with van der Waals surface area (Å²) in [6, 6.07) is 13.5. The maximum Gasteiger partial charge on any atom is 0.131 e. The van der Waals surface area contributed by atoms with Gasteiger partial charge in [0, 0.05) is 37.4 Å². The van der Waals surface area contributed by atoms with Crippen molar-refractivity contribution >= 4 is 5.57 Å². The fourth-order valence-electron chi connectivity index (χ4n) is 6.67. The van der Waals surface area contributed by atoms with Crippen LogP contribution >= 0.6 is 0 Å². The van der Waals surface area contributed by atoms with Crippen LogP contribution < -0.4 is 0 Å². The molecule has 4 nitrogen and oxygen atoms in total. The fraction of sp³-hybridized carbons (Fsp3) is 0.452. The van der Waals surface area contributed by atoms with Gasteiger partial charge in [0.05, 0.1) is 11.8 Å². The van der Waals surface area contributed by atoms with Crippen LogP contribution in [-0.4, -0.2) is 42.7 Å². The normalized spacial score (nSPS) is 24.5. The summed E-state index contributed by atoms with van der Waals surface area (Å²) in [7, 11) is 1.78. The van der Waals surface area contributed by atoms with Crippen LogP contribution in [0, 0.1) is 0 Å². The van der Waals surface area contributed by atoms with E-state index in [1.807, 2.05) is 12.3 Å². The molecule has 1 aromatic heterocycles. The first-order valence-corrected chi connectivity index (χ1v) is 13.3. The van der Waals surface area contributed by atoms with Crippen molar-refractivity contribution in [2.75, 3.05) is 26.7 Å². The smallest absolute Gasteiger partial charge is 0.131 e. The molecule has 182 valence electrons. The lowest BCUT2D eigenvalue weighted by atomic mass is 9.65. The number of fused-ring (bicyclic) bond motifs is 3. The molecule has 0 bridgehead atoms. The molecule has 0 amide bonds. The van der Waals surface area contributed by atoms with E-state index in [-0.39, 0.29) is 6.10 Å². The Morgan fingerprint density at radius 1 is 1.14 bits per heavy atom. The van der Waals surface area contributed by atoms with Gasteiger partial charge in [0.1, 0.15) is 12.4 Å². The van der Waals surface area contributed by atoms with Crippen LogP contribution in [0.1, 0.15) is 60.9 Å². The van der Waals surface area contributed by atoms with E-state index in [2.05, 4.69) is 58.4 Å². The Labute approximate surface area is 209 Å². The fourth-order valence-corrected chi connectivity index (χ4v) is 6.67. The van der Waals surface area contributed by atoms with E-state index in [0.717, 1.165) is 30.8 Å². The van der Waals surface area contributed by atoms with E-state index < -0.39 is 0 Å². The number of hydrogen-bond donors (Lipinski definition) is 0. The molecule has 1 spiro atoms. The lowest BCUT2D eigenvalue weighted by Gasteiger charge is -2.45. The summed E-state index contributed by atoms with van der Waals surface area (Å²) in [6.45, 7) is 4.01. The number of nitrogens with zero attached hydrogens (tertiary/aromatic N) is 2. The minimum absolute atomic E-state index is 0.0932. The second-order valence-corrected chi connectivity index (χ2v) is 10.5. The van der Waals surface area contributed by atoms with Crippen molar-refractivity contribution in [1.29, 1.82) is 0 Å². The minimum Gasteiger partial charge on any atom is -0.487 e. The lowest BCUT2D eigenvalue weighted by Crippen LogP contribution is -2.44. The second kappa shape index (κ2) is 9.75. The van der Waals surface area contributed by atoms with Crippen molar-refractivity contribution in [2.24, 2.45) is 0 Å². The molecule has 2 aliphatic carbocycles. The molecule has 0 saturated carbocycles. The van der Waals surface area contributed by atoms with Gasteiger partial charge in [0.15, 0.2) is 0 Å². The van der Waals surface area contributed by atoms with Crippen LogP contribution in [0.2, 0.25) is 0 Å². The molecule has 0 radical (unpaired) electrons. The monoisotopic (exact) mass is 468 g/mol. The number of rotatable bonds is 4. The predicted molar refractivity (Wildman–Crippen MR) is 140 cm³/mol. The first kappa shape index (κ1) is 22.8. The highest BCUT2D eigenvalue weighted by Crippen LogP contribution is 2.45. The molecular formula is C31H36N2O2. The van der Waals surface area contributed by atoms with Gasteiger partial charge in [-0.05, 0) is 85.9 Å². The van der Waals surface area contributed by atoms with Crippen molar-refractivity contribution in [3.05, 3.63) is 94.5 Å². The van der Waals surface area contributed by atoms with Crippen molar-refractivity contribution in [1.82, 2.24) is 9.88 Å². The summed E-state index contributed by atoms with van der Waals surface area (Å²) in [5, 5.41) is 0. The Hall–Kier alpha value is -2.69. The summed E-state index contributed by atoms with van der Waals surface area (Å²) in [5.41, 5.74) is 8.42. The highest BCUT2D eigenvalue weighted by molar-refractivity contribution is 5.82. The number of benzene rings is 1. The SMILES string of the molecule is COC1C=CC2=C(C1)C(=CCCN1CCC3(CCCc4ccccc43)CC1)c1cccnc1CO2. The summed E-state index contributed by atoms with van der Waals surface area (Å²) < 4.78 is 11.8. The molecule has 1 unspecified atom stereocenters. The number of hydrogen-bond acceptors (Lipinski definition) is 4. The van der Waals surface area contributed by atoms with Gasteiger partial charge in [-0.25, -0.2) is 0 Å². The topological polar surface area (TPSA) is 34.6 Å². The molecule has 1 aromatic carbocycles. The van der Waals surface area contributed by atoms with Crippen LogP contribution in [-0.2, 0) is 27.9 Å². The van der Waals surface area contributed by atoms with Gasteiger partial charge in [-0.2, -0.15) is 0 Å². The first-order valence-electron chi connectivity index (χ1n) is 13.3. The third-order valence-electron chi connectivity index (χ3n) is 8.63. The summed E-state index contributed by atoms with van der Waals surface area (Å²) in [6.07, 6.45) is 17.0. The van der Waals surface area contributed by atoms with E-state index >= 15 is 0 Å². The average Bonchev–Trinajstić information content (AvgIpc) is 3.07. The zero-order valence-electron chi connectivity index (χ0n) is 20.8. The first-order chi connectivity index (χ1) is 17.3. The van der Waals surface area contributed by atoms with Crippen LogP contribution in [0.5, 0.6) is 0 Å². The molecule has 1 saturated heterocycles. The van der Waals surface area contributed by atoms with E-state index in [4.69, 9.17) is 9.47 Å². The number of likely N-dealkylation sites (tertiary alicyclic amines) is 1. The Bertz CT molecular complexity index is 1170. The maximum absolute atomic E-state index is 6.17. The van der Waals surface area contributed by atoms with Gasteiger partial charge in [0.25, 0.3) is 0 Å². The molecule has 35 heavy (non-hydrogen) atoms. The van der Waals surface area contributed by atoms with E-state index in [9.17, 15) is 0 Å². The molecule has 6 rings (SSSR count). The van der Waals surface area contributed by atoms with Crippen molar-refractivity contribution in [3.63, 3.8) is 0 Å². The van der Waals surface area contributed by atoms with E-state index in [1.54, 1.807) is 18.2 Å². The number of ether oxygens (including phenoxy) is 2. The number of aromatic nitrogens is 1. The van der Waals surface area contributed by atoms with Gasteiger partial charge < -0.3 is 14.4 Å². The van der Waals surface area contributed by atoms with Crippen LogP contribution in [0.3, 0.4) is 0 Å².